The predicted octanol–water partition coefficient (Wildman–Crippen LogP) is 2.99. The maximum Gasteiger partial charge on any atom is 0.315 e. The van der Waals surface area contributed by atoms with Gasteiger partial charge in [-0.15, -0.1) is 0 Å². The molecule has 1 atom stereocenters. The molecule has 2 rings (SSSR count). The van der Waals surface area contributed by atoms with Crippen LogP contribution >= 0.6 is 0 Å². The minimum absolute atomic E-state index is 0.00610. The molecule has 3 N–H and O–H groups in total. The fourth-order valence-electron chi connectivity index (χ4n) is 3.37. The topological polar surface area (TPSA) is 70.2 Å². The summed E-state index contributed by atoms with van der Waals surface area (Å²) in [6.07, 6.45) is 3.36. The first-order chi connectivity index (χ1) is 11.5. The highest BCUT2D eigenvalue weighted by Gasteiger charge is 2.27. The van der Waals surface area contributed by atoms with Gasteiger partial charge in [-0.2, -0.15) is 0 Å². The summed E-state index contributed by atoms with van der Waals surface area (Å²) in [6, 6.07) is 10.1. The monoisotopic (exact) mass is 331 g/mol. The van der Waals surface area contributed by atoms with Gasteiger partial charge in [0.2, 0.25) is 5.91 Å². The lowest BCUT2D eigenvalue weighted by Crippen LogP contribution is -2.46. The van der Waals surface area contributed by atoms with E-state index >= 15 is 0 Å². The quantitative estimate of drug-likeness (QED) is 0.776. The lowest BCUT2D eigenvalue weighted by atomic mass is 9.85. The normalized spacial score (nSPS) is 21.8. The fraction of sp³-hybridized carbons (Fsp3) is 0.579. The third-order valence-electron chi connectivity index (χ3n) is 4.79. The molecule has 3 amide bonds. The average Bonchev–Trinajstić information content (AvgIpc) is 2.60. The SMILES string of the molecule is CNC(=O)C1CCC(NC(=O)NC(c2ccccc2)C(C)C)CC1. The van der Waals surface area contributed by atoms with Crippen LogP contribution in [0.3, 0.4) is 0 Å². The molecule has 24 heavy (non-hydrogen) atoms. The number of carbonyl (C=O) groups is 2. The second-order valence-electron chi connectivity index (χ2n) is 6.91. The van der Waals surface area contributed by atoms with Crippen LogP contribution in [-0.2, 0) is 4.79 Å². The Hall–Kier alpha value is -2.04. The van der Waals surface area contributed by atoms with Gasteiger partial charge in [0, 0.05) is 19.0 Å². The standard InChI is InChI=1S/C19H29N3O2/c1-13(2)17(14-7-5-4-6-8-14)22-19(24)21-16-11-9-15(10-12-16)18(23)20-3/h4-8,13,15-17H,9-12H2,1-3H3,(H,20,23)(H2,21,22,24). The van der Waals surface area contributed by atoms with Crippen LogP contribution in [0.4, 0.5) is 4.79 Å². The van der Waals surface area contributed by atoms with Crippen molar-refractivity contribution in [1.29, 1.82) is 0 Å². The third kappa shape index (κ3) is 4.98. The van der Waals surface area contributed by atoms with Crippen molar-refractivity contribution in [3.05, 3.63) is 35.9 Å². The third-order valence-corrected chi connectivity index (χ3v) is 4.79. The zero-order valence-corrected chi connectivity index (χ0v) is 14.8. The number of nitrogens with one attached hydrogen (secondary N) is 3. The highest BCUT2D eigenvalue weighted by atomic mass is 16.2. The zero-order chi connectivity index (χ0) is 17.5. The number of rotatable bonds is 5. The lowest BCUT2D eigenvalue weighted by Gasteiger charge is -2.29. The Morgan fingerprint density at radius 2 is 1.67 bits per heavy atom. The fourth-order valence-corrected chi connectivity index (χ4v) is 3.37. The van der Waals surface area contributed by atoms with Gasteiger partial charge < -0.3 is 16.0 Å². The van der Waals surface area contributed by atoms with Gasteiger partial charge in [-0.1, -0.05) is 44.2 Å². The summed E-state index contributed by atoms with van der Waals surface area (Å²) in [4.78, 5) is 24.0. The second kappa shape index (κ2) is 8.71. The molecule has 1 saturated carbocycles. The Balaban J connectivity index is 1.85. The first-order valence-electron chi connectivity index (χ1n) is 8.84. The molecule has 0 aliphatic heterocycles. The molecule has 0 bridgehead atoms. The van der Waals surface area contributed by atoms with E-state index in [1.165, 1.54) is 0 Å². The lowest BCUT2D eigenvalue weighted by molar-refractivity contribution is -0.125. The minimum Gasteiger partial charge on any atom is -0.359 e. The van der Waals surface area contributed by atoms with Gasteiger partial charge in [0.25, 0.3) is 0 Å². The number of amides is 3. The summed E-state index contributed by atoms with van der Waals surface area (Å²) in [6.45, 7) is 4.21. The van der Waals surface area contributed by atoms with Crippen molar-refractivity contribution >= 4 is 11.9 Å². The number of urea groups is 1. The van der Waals surface area contributed by atoms with Crippen molar-refractivity contribution < 1.29 is 9.59 Å². The number of benzene rings is 1. The molecule has 1 unspecified atom stereocenters. The van der Waals surface area contributed by atoms with E-state index in [2.05, 4.69) is 29.8 Å². The van der Waals surface area contributed by atoms with Gasteiger partial charge in [-0.05, 0) is 37.2 Å². The van der Waals surface area contributed by atoms with E-state index in [4.69, 9.17) is 0 Å². The first kappa shape index (κ1) is 18.3. The van der Waals surface area contributed by atoms with E-state index < -0.39 is 0 Å². The largest absolute Gasteiger partial charge is 0.359 e. The van der Waals surface area contributed by atoms with E-state index in [0.717, 1.165) is 31.2 Å². The van der Waals surface area contributed by atoms with Gasteiger partial charge in [-0.25, -0.2) is 4.79 Å². The summed E-state index contributed by atoms with van der Waals surface area (Å²) >= 11 is 0. The molecule has 1 aliphatic rings. The highest BCUT2D eigenvalue weighted by molar-refractivity contribution is 5.78. The zero-order valence-electron chi connectivity index (χ0n) is 14.8. The molecule has 132 valence electrons. The van der Waals surface area contributed by atoms with Gasteiger partial charge in [0.05, 0.1) is 6.04 Å². The number of hydrogen-bond acceptors (Lipinski definition) is 2. The van der Waals surface area contributed by atoms with Crippen LogP contribution in [0.2, 0.25) is 0 Å². The van der Waals surface area contributed by atoms with Gasteiger partial charge in [0.1, 0.15) is 0 Å². The van der Waals surface area contributed by atoms with Crippen LogP contribution in [0.1, 0.15) is 51.1 Å². The first-order valence-corrected chi connectivity index (χ1v) is 8.84. The van der Waals surface area contributed by atoms with Crippen molar-refractivity contribution in [3.8, 4) is 0 Å². The molecule has 1 aromatic carbocycles. The summed E-state index contributed by atoms with van der Waals surface area (Å²) in [5.74, 6) is 0.507. The smallest absolute Gasteiger partial charge is 0.315 e. The summed E-state index contributed by atoms with van der Waals surface area (Å²) in [5.41, 5.74) is 1.12. The molecule has 1 aromatic rings. The van der Waals surface area contributed by atoms with Gasteiger partial charge in [-0.3, -0.25) is 4.79 Å². The Bertz CT molecular complexity index is 537. The molecular weight excluding hydrogens is 302 g/mol. The maximum atomic E-state index is 12.4. The summed E-state index contributed by atoms with van der Waals surface area (Å²) in [5, 5.41) is 8.87. The molecular formula is C19H29N3O2. The molecule has 5 heteroatoms. The molecule has 0 spiro atoms. The molecule has 0 aromatic heterocycles. The Kier molecular flexibility index (Phi) is 6.64. The van der Waals surface area contributed by atoms with E-state index in [-0.39, 0.29) is 29.9 Å². The van der Waals surface area contributed by atoms with E-state index in [9.17, 15) is 9.59 Å². The van der Waals surface area contributed by atoms with Crippen molar-refractivity contribution in [2.45, 2.75) is 51.6 Å². The Labute approximate surface area is 144 Å². The molecule has 0 heterocycles. The Morgan fingerprint density at radius 3 is 2.21 bits per heavy atom. The van der Waals surface area contributed by atoms with Crippen LogP contribution in [0.15, 0.2) is 30.3 Å². The average molecular weight is 331 g/mol. The van der Waals surface area contributed by atoms with Crippen LogP contribution in [0, 0.1) is 11.8 Å². The van der Waals surface area contributed by atoms with Crippen molar-refractivity contribution in [2.24, 2.45) is 11.8 Å². The number of carbonyl (C=O) groups excluding carboxylic acids is 2. The van der Waals surface area contributed by atoms with Crippen LogP contribution in [0.5, 0.6) is 0 Å². The molecule has 5 nitrogen and oxygen atoms in total. The second-order valence-corrected chi connectivity index (χ2v) is 6.91. The van der Waals surface area contributed by atoms with E-state index in [1.54, 1.807) is 7.05 Å². The molecule has 0 saturated heterocycles. The van der Waals surface area contributed by atoms with Crippen LogP contribution < -0.4 is 16.0 Å². The van der Waals surface area contributed by atoms with E-state index in [0.29, 0.717) is 5.92 Å². The van der Waals surface area contributed by atoms with Crippen molar-refractivity contribution in [1.82, 2.24) is 16.0 Å². The number of hydrogen-bond donors (Lipinski definition) is 3. The van der Waals surface area contributed by atoms with Gasteiger partial charge in [0.15, 0.2) is 0 Å². The van der Waals surface area contributed by atoms with Crippen LogP contribution in [0.25, 0.3) is 0 Å². The van der Waals surface area contributed by atoms with E-state index in [1.807, 2.05) is 30.3 Å². The van der Waals surface area contributed by atoms with Gasteiger partial charge >= 0.3 is 6.03 Å². The van der Waals surface area contributed by atoms with Crippen LogP contribution in [-0.4, -0.2) is 25.0 Å². The van der Waals surface area contributed by atoms with Crippen molar-refractivity contribution in [2.75, 3.05) is 7.05 Å². The Morgan fingerprint density at radius 1 is 1.04 bits per heavy atom. The highest BCUT2D eigenvalue weighted by Crippen LogP contribution is 2.25. The molecule has 1 fully saturated rings. The minimum atomic E-state index is -0.124. The summed E-state index contributed by atoms with van der Waals surface area (Å²) < 4.78 is 0. The van der Waals surface area contributed by atoms with Crippen molar-refractivity contribution in [3.63, 3.8) is 0 Å². The summed E-state index contributed by atoms with van der Waals surface area (Å²) in [7, 11) is 1.68. The molecule has 0 radical (unpaired) electrons. The predicted molar refractivity (Wildman–Crippen MR) is 95.5 cm³/mol. The maximum absolute atomic E-state index is 12.4. The molecule has 1 aliphatic carbocycles.